The highest BCUT2D eigenvalue weighted by molar-refractivity contribution is 14.1. The van der Waals surface area contributed by atoms with E-state index in [4.69, 9.17) is 0 Å². The van der Waals surface area contributed by atoms with Gasteiger partial charge in [0.15, 0.2) is 0 Å². The Morgan fingerprint density at radius 2 is 2.00 bits per heavy atom. The van der Waals surface area contributed by atoms with Crippen LogP contribution in [-0.4, -0.2) is 16.6 Å². The maximum atomic E-state index is 12.7. The normalized spacial score (nSPS) is 17.3. The maximum Gasteiger partial charge on any atom is 0.411 e. The van der Waals surface area contributed by atoms with Crippen LogP contribution in [-0.2, 0) is 0 Å². The summed E-state index contributed by atoms with van der Waals surface area (Å²) in [4.78, 5) is 9.94. The van der Waals surface area contributed by atoms with Gasteiger partial charge in [0.1, 0.15) is 5.54 Å². The van der Waals surface area contributed by atoms with E-state index in [1.54, 1.807) is 22.6 Å². The number of halogens is 4. The average molecular weight is 372 g/mol. The fourth-order valence-electron chi connectivity index (χ4n) is 1.58. The number of nitrogens with zero attached hydrogens (tertiary/aromatic N) is 1. The predicted molar refractivity (Wildman–Crippen MR) is 67.5 cm³/mol. The molecule has 0 bridgehead atoms. The molecule has 1 aliphatic carbocycles. The van der Waals surface area contributed by atoms with Crippen LogP contribution in [0.25, 0.3) is 0 Å². The lowest BCUT2D eigenvalue weighted by molar-refractivity contribution is -0.384. The third-order valence-corrected chi connectivity index (χ3v) is 3.72. The molecule has 1 N–H and O–H groups in total. The number of rotatable bonds is 3. The topological polar surface area (TPSA) is 55.2 Å². The van der Waals surface area contributed by atoms with Gasteiger partial charge in [0.25, 0.3) is 5.69 Å². The molecule has 4 nitrogen and oxygen atoms in total. The first-order valence-electron chi connectivity index (χ1n) is 5.04. The van der Waals surface area contributed by atoms with Crippen LogP contribution in [0, 0.1) is 13.7 Å². The second-order valence-electron chi connectivity index (χ2n) is 4.13. The van der Waals surface area contributed by atoms with Crippen molar-refractivity contribution in [1.82, 2.24) is 0 Å². The first-order valence-corrected chi connectivity index (χ1v) is 6.12. The van der Waals surface area contributed by atoms with Crippen molar-refractivity contribution < 1.29 is 18.1 Å². The smallest absolute Gasteiger partial charge is 0.371 e. The second kappa shape index (κ2) is 4.25. The van der Waals surface area contributed by atoms with Gasteiger partial charge in [0, 0.05) is 21.4 Å². The lowest BCUT2D eigenvalue weighted by Crippen LogP contribution is -2.38. The minimum Gasteiger partial charge on any atom is -0.371 e. The van der Waals surface area contributed by atoms with Crippen molar-refractivity contribution in [2.24, 2.45) is 0 Å². The summed E-state index contributed by atoms with van der Waals surface area (Å²) in [7, 11) is 0. The molecule has 0 atom stereocenters. The first kappa shape index (κ1) is 13.4. The Morgan fingerprint density at radius 1 is 1.39 bits per heavy atom. The Morgan fingerprint density at radius 3 is 2.39 bits per heavy atom. The predicted octanol–water partition coefficient (Wildman–Crippen LogP) is 3.71. The van der Waals surface area contributed by atoms with Gasteiger partial charge >= 0.3 is 6.18 Å². The third kappa shape index (κ3) is 2.38. The van der Waals surface area contributed by atoms with Gasteiger partial charge < -0.3 is 5.32 Å². The van der Waals surface area contributed by atoms with Crippen molar-refractivity contribution in [2.45, 2.75) is 24.6 Å². The van der Waals surface area contributed by atoms with Gasteiger partial charge in [-0.2, -0.15) is 13.2 Å². The summed E-state index contributed by atoms with van der Waals surface area (Å²) in [6.07, 6.45) is -4.25. The van der Waals surface area contributed by atoms with E-state index in [-0.39, 0.29) is 24.2 Å². The molecule has 8 heteroatoms. The molecular weight excluding hydrogens is 364 g/mol. The zero-order valence-corrected chi connectivity index (χ0v) is 11.1. The summed E-state index contributed by atoms with van der Waals surface area (Å²) in [6.45, 7) is 0. The largest absolute Gasteiger partial charge is 0.411 e. The van der Waals surface area contributed by atoms with Crippen LogP contribution >= 0.6 is 22.6 Å². The third-order valence-electron chi connectivity index (χ3n) is 2.83. The van der Waals surface area contributed by atoms with Crippen molar-refractivity contribution >= 4 is 34.0 Å². The minimum absolute atomic E-state index is 0.0313. The highest BCUT2D eigenvalue weighted by atomic mass is 127. The molecule has 18 heavy (non-hydrogen) atoms. The zero-order valence-electron chi connectivity index (χ0n) is 8.92. The summed E-state index contributed by atoms with van der Waals surface area (Å²) in [5.41, 5.74) is -1.72. The number of nitro groups is 1. The van der Waals surface area contributed by atoms with Crippen LogP contribution in [0.1, 0.15) is 12.8 Å². The quantitative estimate of drug-likeness (QED) is 0.500. The molecule has 98 valence electrons. The number of anilines is 1. The van der Waals surface area contributed by atoms with E-state index in [1.807, 2.05) is 0 Å². The summed E-state index contributed by atoms with van der Waals surface area (Å²) in [6, 6.07) is 3.75. The number of hydrogen-bond donors (Lipinski definition) is 1. The molecule has 1 aromatic carbocycles. The highest BCUT2D eigenvalue weighted by Crippen LogP contribution is 2.51. The van der Waals surface area contributed by atoms with Crippen LogP contribution in [0.15, 0.2) is 18.2 Å². The molecule has 0 heterocycles. The van der Waals surface area contributed by atoms with Crippen LogP contribution < -0.4 is 5.32 Å². The van der Waals surface area contributed by atoms with Gasteiger partial charge in [0.05, 0.1) is 4.92 Å². The molecule has 0 radical (unpaired) electrons. The maximum absolute atomic E-state index is 12.7. The Kier molecular flexibility index (Phi) is 3.16. The van der Waals surface area contributed by atoms with Crippen molar-refractivity contribution in [3.8, 4) is 0 Å². The number of nitrogens with one attached hydrogen (secondary N) is 1. The van der Waals surface area contributed by atoms with Gasteiger partial charge in [-0.3, -0.25) is 10.1 Å². The molecular formula is C10H8F3IN2O2. The summed E-state index contributed by atoms with van der Waals surface area (Å²) >= 11 is 1.78. The van der Waals surface area contributed by atoms with Gasteiger partial charge in [0.2, 0.25) is 0 Å². The Bertz CT molecular complexity index is 500. The Balaban J connectivity index is 2.24. The van der Waals surface area contributed by atoms with E-state index in [0.717, 1.165) is 0 Å². The van der Waals surface area contributed by atoms with Crippen molar-refractivity contribution in [2.75, 3.05) is 5.32 Å². The summed E-state index contributed by atoms with van der Waals surface area (Å²) in [5, 5.41) is 13.0. The zero-order chi connectivity index (χ0) is 13.6. The number of alkyl halides is 3. The Hall–Kier alpha value is -1.06. The van der Waals surface area contributed by atoms with Gasteiger partial charge in [-0.25, -0.2) is 0 Å². The molecule has 0 amide bonds. The van der Waals surface area contributed by atoms with E-state index in [9.17, 15) is 23.3 Å². The Labute approximate surface area is 114 Å². The highest BCUT2D eigenvalue weighted by Gasteiger charge is 2.63. The summed E-state index contributed by atoms with van der Waals surface area (Å²) in [5.74, 6) is 0. The van der Waals surface area contributed by atoms with Crippen molar-refractivity contribution in [3.05, 3.63) is 31.9 Å². The monoisotopic (exact) mass is 372 g/mol. The molecule has 0 unspecified atom stereocenters. The van der Waals surface area contributed by atoms with Crippen LogP contribution in [0.4, 0.5) is 24.5 Å². The van der Waals surface area contributed by atoms with Crippen molar-refractivity contribution in [3.63, 3.8) is 0 Å². The number of benzene rings is 1. The molecule has 1 aliphatic rings. The van der Waals surface area contributed by atoms with Crippen LogP contribution in [0.5, 0.6) is 0 Å². The number of hydrogen-bond acceptors (Lipinski definition) is 3. The van der Waals surface area contributed by atoms with E-state index in [1.165, 1.54) is 18.2 Å². The molecule has 1 saturated carbocycles. The second-order valence-corrected chi connectivity index (χ2v) is 5.29. The van der Waals surface area contributed by atoms with E-state index in [0.29, 0.717) is 3.57 Å². The minimum atomic E-state index is -4.31. The lowest BCUT2D eigenvalue weighted by Gasteiger charge is -2.22. The van der Waals surface area contributed by atoms with Crippen LogP contribution in [0.2, 0.25) is 0 Å². The molecule has 2 rings (SSSR count). The molecule has 0 aliphatic heterocycles. The number of nitro benzene ring substituents is 1. The van der Waals surface area contributed by atoms with E-state index >= 15 is 0 Å². The molecule has 0 aromatic heterocycles. The fraction of sp³-hybridized carbons (Fsp3) is 0.400. The molecule has 0 saturated heterocycles. The van der Waals surface area contributed by atoms with Gasteiger partial charge in [-0.15, -0.1) is 0 Å². The standard InChI is InChI=1S/C10H8F3IN2O2/c11-10(12,13)9(3-4-9)15-8-2-1-6(16(17)18)5-7(8)14/h1-2,5,15H,3-4H2. The average Bonchev–Trinajstić information content (AvgIpc) is 3.01. The van der Waals surface area contributed by atoms with Crippen LogP contribution in [0.3, 0.4) is 0 Å². The SMILES string of the molecule is O=[N+]([O-])c1ccc(NC2(C(F)(F)F)CC2)c(I)c1. The molecule has 0 spiro atoms. The van der Waals surface area contributed by atoms with Crippen molar-refractivity contribution in [1.29, 1.82) is 0 Å². The van der Waals surface area contributed by atoms with Gasteiger partial charge in [-0.05, 0) is 41.5 Å². The lowest BCUT2D eigenvalue weighted by atomic mass is 10.2. The first-order chi connectivity index (χ1) is 8.25. The van der Waals surface area contributed by atoms with Gasteiger partial charge in [-0.1, -0.05) is 0 Å². The number of non-ortho nitro benzene ring substituents is 1. The summed E-state index contributed by atoms with van der Waals surface area (Å²) < 4.78 is 38.6. The fourth-order valence-corrected chi connectivity index (χ4v) is 2.21. The van der Waals surface area contributed by atoms with E-state index in [2.05, 4.69) is 5.32 Å². The molecule has 1 aromatic rings. The van der Waals surface area contributed by atoms with E-state index < -0.39 is 16.6 Å². The molecule has 1 fully saturated rings.